The van der Waals surface area contributed by atoms with E-state index in [4.69, 9.17) is 15.7 Å². The predicted molar refractivity (Wildman–Crippen MR) is 66.1 cm³/mol. The Morgan fingerprint density at radius 1 is 1.44 bits per heavy atom. The molecule has 0 amide bonds. The van der Waals surface area contributed by atoms with Gasteiger partial charge in [0, 0.05) is 13.2 Å². The summed E-state index contributed by atoms with van der Waals surface area (Å²) in [6.45, 7) is 3.73. The summed E-state index contributed by atoms with van der Waals surface area (Å²) in [7, 11) is 1.83. The normalized spacial score (nSPS) is 10.1. The Morgan fingerprint density at radius 2 is 2.17 bits per heavy atom. The van der Waals surface area contributed by atoms with Crippen LogP contribution in [0.25, 0.3) is 0 Å². The lowest BCUT2D eigenvalue weighted by atomic mass is 10.2. The van der Waals surface area contributed by atoms with E-state index < -0.39 is 0 Å². The summed E-state index contributed by atoms with van der Waals surface area (Å²) in [5.74, 6) is 0.847. The molecule has 0 atom stereocenters. The number of aromatic nitrogens is 3. The molecule has 0 aliphatic heterocycles. The van der Waals surface area contributed by atoms with Crippen LogP contribution in [0.2, 0.25) is 0 Å². The molecule has 2 aromatic rings. The SMILES string of the molecule is Cc1nn(C)c(C)c1Oc1nccc(C#N)c1N. The van der Waals surface area contributed by atoms with Crippen LogP contribution in [0.5, 0.6) is 11.6 Å². The quantitative estimate of drug-likeness (QED) is 0.866. The molecule has 0 spiro atoms. The lowest BCUT2D eigenvalue weighted by molar-refractivity contribution is 0.457. The van der Waals surface area contributed by atoms with E-state index in [9.17, 15) is 0 Å². The standard InChI is InChI=1S/C12H13N5O/c1-7-11(8(2)17(3)16-7)18-12-10(14)9(6-13)4-5-15-12/h4-5H,14H2,1-3H3. The lowest BCUT2D eigenvalue weighted by Gasteiger charge is -2.08. The number of aryl methyl sites for hydroxylation is 2. The maximum atomic E-state index is 8.89. The molecule has 6 nitrogen and oxygen atoms in total. The third kappa shape index (κ3) is 1.86. The van der Waals surface area contributed by atoms with Crippen molar-refractivity contribution < 1.29 is 4.74 Å². The molecule has 0 aliphatic carbocycles. The maximum absolute atomic E-state index is 8.89. The minimum Gasteiger partial charge on any atom is -0.433 e. The van der Waals surface area contributed by atoms with Gasteiger partial charge in [0.05, 0.1) is 11.3 Å². The summed E-state index contributed by atoms with van der Waals surface area (Å²) in [5.41, 5.74) is 8.02. The van der Waals surface area contributed by atoms with Crippen molar-refractivity contribution >= 4 is 5.69 Å². The second-order valence-corrected chi connectivity index (χ2v) is 3.91. The number of anilines is 1. The van der Waals surface area contributed by atoms with Gasteiger partial charge in [-0.1, -0.05) is 0 Å². The topological polar surface area (TPSA) is 89.8 Å². The van der Waals surface area contributed by atoms with E-state index >= 15 is 0 Å². The molecule has 0 aliphatic rings. The first-order chi connectivity index (χ1) is 8.54. The Kier molecular flexibility index (Phi) is 2.90. The largest absolute Gasteiger partial charge is 0.433 e. The van der Waals surface area contributed by atoms with E-state index in [0.717, 1.165) is 11.4 Å². The Labute approximate surface area is 105 Å². The maximum Gasteiger partial charge on any atom is 0.244 e. The number of hydrogen-bond donors (Lipinski definition) is 1. The molecular weight excluding hydrogens is 230 g/mol. The second kappa shape index (κ2) is 4.37. The fraction of sp³-hybridized carbons (Fsp3) is 0.250. The van der Waals surface area contributed by atoms with Gasteiger partial charge in [-0.25, -0.2) is 4.98 Å². The van der Waals surface area contributed by atoms with Gasteiger partial charge >= 0.3 is 0 Å². The van der Waals surface area contributed by atoms with Gasteiger partial charge in [0.2, 0.25) is 5.88 Å². The van der Waals surface area contributed by atoms with Crippen molar-refractivity contribution in [2.75, 3.05) is 5.73 Å². The number of pyridine rings is 1. The van der Waals surface area contributed by atoms with E-state index in [1.807, 2.05) is 27.0 Å². The van der Waals surface area contributed by atoms with Crippen LogP contribution in [0, 0.1) is 25.2 Å². The van der Waals surface area contributed by atoms with Crippen molar-refractivity contribution in [3.05, 3.63) is 29.2 Å². The summed E-state index contributed by atoms with van der Waals surface area (Å²) in [4.78, 5) is 4.04. The summed E-state index contributed by atoms with van der Waals surface area (Å²) in [6.07, 6.45) is 1.49. The van der Waals surface area contributed by atoms with Crippen LogP contribution in [-0.4, -0.2) is 14.8 Å². The van der Waals surface area contributed by atoms with Gasteiger partial charge in [-0.3, -0.25) is 4.68 Å². The number of nitriles is 1. The first-order valence-electron chi connectivity index (χ1n) is 5.37. The summed E-state index contributed by atoms with van der Waals surface area (Å²) >= 11 is 0. The summed E-state index contributed by atoms with van der Waals surface area (Å²) in [5, 5.41) is 13.1. The second-order valence-electron chi connectivity index (χ2n) is 3.91. The first kappa shape index (κ1) is 11.9. The average molecular weight is 243 g/mol. The average Bonchev–Trinajstić information content (AvgIpc) is 2.58. The molecule has 2 rings (SSSR count). The molecule has 2 N–H and O–H groups in total. The van der Waals surface area contributed by atoms with Crippen molar-refractivity contribution in [1.82, 2.24) is 14.8 Å². The number of hydrogen-bond acceptors (Lipinski definition) is 5. The highest BCUT2D eigenvalue weighted by molar-refractivity contribution is 5.60. The molecule has 0 fully saturated rings. The van der Waals surface area contributed by atoms with Gasteiger partial charge in [0.25, 0.3) is 0 Å². The van der Waals surface area contributed by atoms with E-state index in [2.05, 4.69) is 10.1 Å². The van der Waals surface area contributed by atoms with Gasteiger partial charge in [-0.05, 0) is 19.9 Å². The highest BCUT2D eigenvalue weighted by atomic mass is 16.5. The lowest BCUT2D eigenvalue weighted by Crippen LogP contribution is -1.99. The Bertz CT molecular complexity index is 639. The highest BCUT2D eigenvalue weighted by Crippen LogP contribution is 2.31. The van der Waals surface area contributed by atoms with Gasteiger partial charge in [0.15, 0.2) is 5.75 Å². The minimum atomic E-state index is 0.230. The van der Waals surface area contributed by atoms with Crippen molar-refractivity contribution in [2.24, 2.45) is 7.05 Å². The number of ether oxygens (including phenoxy) is 1. The van der Waals surface area contributed by atoms with Crippen molar-refractivity contribution in [1.29, 1.82) is 5.26 Å². The van der Waals surface area contributed by atoms with E-state index in [1.165, 1.54) is 6.20 Å². The van der Waals surface area contributed by atoms with Crippen LogP contribution in [0.1, 0.15) is 17.0 Å². The zero-order valence-electron chi connectivity index (χ0n) is 10.4. The molecule has 0 unspecified atom stereocenters. The molecule has 18 heavy (non-hydrogen) atoms. The molecule has 0 saturated heterocycles. The highest BCUT2D eigenvalue weighted by Gasteiger charge is 2.15. The summed E-state index contributed by atoms with van der Waals surface area (Å²) in [6, 6.07) is 3.54. The van der Waals surface area contributed by atoms with Gasteiger partial charge in [-0.15, -0.1) is 0 Å². The van der Waals surface area contributed by atoms with Gasteiger partial charge < -0.3 is 10.5 Å². The minimum absolute atomic E-state index is 0.230. The third-order valence-electron chi connectivity index (χ3n) is 2.72. The molecule has 92 valence electrons. The number of nitrogens with two attached hydrogens (primary N) is 1. The van der Waals surface area contributed by atoms with Crippen LogP contribution in [0.15, 0.2) is 12.3 Å². The fourth-order valence-electron chi connectivity index (χ4n) is 1.63. The molecule has 0 bridgehead atoms. The molecule has 6 heteroatoms. The van der Waals surface area contributed by atoms with E-state index in [1.54, 1.807) is 10.7 Å². The Balaban J connectivity index is 2.44. The molecule has 0 saturated carbocycles. The van der Waals surface area contributed by atoms with E-state index in [-0.39, 0.29) is 11.6 Å². The smallest absolute Gasteiger partial charge is 0.244 e. The molecule has 2 aromatic heterocycles. The number of rotatable bonds is 2. The van der Waals surface area contributed by atoms with E-state index in [0.29, 0.717) is 11.3 Å². The summed E-state index contributed by atoms with van der Waals surface area (Å²) < 4.78 is 7.38. The number of nitrogen functional groups attached to an aromatic ring is 1. The predicted octanol–water partition coefficient (Wildman–Crippen LogP) is 1.68. The van der Waals surface area contributed by atoms with Crippen LogP contribution in [0.4, 0.5) is 5.69 Å². The van der Waals surface area contributed by atoms with Gasteiger partial charge in [-0.2, -0.15) is 10.4 Å². The third-order valence-corrected chi connectivity index (χ3v) is 2.72. The molecular formula is C12H13N5O. The monoisotopic (exact) mass is 243 g/mol. The molecule has 0 radical (unpaired) electrons. The zero-order valence-corrected chi connectivity index (χ0v) is 10.4. The van der Waals surface area contributed by atoms with Crippen molar-refractivity contribution in [3.8, 4) is 17.7 Å². The Hall–Kier alpha value is -2.55. The fourth-order valence-corrected chi connectivity index (χ4v) is 1.63. The van der Waals surface area contributed by atoms with Crippen LogP contribution < -0.4 is 10.5 Å². The molecule has 0 aromatic carbocycles. The Morgan fingerprint density at radius 3 is 2.72 bits per heavy atom. The van der Waals surface area contributed by atoms with Gasteiger partial charge in [0.1, 0.15) is 17.5 Å². The zero-order chi connectivity index (χ0) is 13.3. The van der Waals surface area contributed by atoms with Crippen LogP contribution in [-0.2, 0) is 7.05 Å². The van der Waals surface area contributed by atoms with Crippen molar-refractivity contribution in [2.45, 2.75) is 13.8 Å². The number of nitrogens with zero attached hydrogens (tertiary/aromatic N) is 4. The van der Waals surface area contributed by atoms with Crippen LogP contribution >= 0.6 is 0 Å². The van der Waals surface area contributed by atoms with Crippen molar-refractivity contribution in [3.63, 3.8) is 0 Å². The first-order valence-corrected chi connectivity index (χ1v) is 5.37. The molecule has 2 heterocycles. The van der Waals surface area contributed by atoms with Crippen LogP contribution in [0.3, 0.4) is 0 Å².